The first kappa shape index (κ1) is 12.3. The number of aromatic nitrogens is 3. The van der Waals surface area contributed by atoms with Crippen LogP contribution in [-0.4, -0.2) is 15.1 Å². The molecule has 0 fully saturated rings. The van der Waals surface area contributed by atoms with Crippen LogP contribution < -0.4 is 5.73 Å². The maximum Gasteiger partial charge on any atom is 0.263 e. The molecule has 0 radical (unpaired) electrons. The van der Waals surface area contributed by atoms with E-state index < -0.39 is 5.82 Å². The van der Waals surface area contributed by atoms with Gasteiger partial charge in [0.1, 0.15) is 5.82 Å². The van der Waals surface area contributed by atoms with E-state index in [0.29, 0.717) is 12.2 Å². The van der Waals surface area contributed by atoms with E-state index in [-0.39, 0.29) is 17.1 Å². The third kappa shape index (κ3) is 2.35. The highest BCUT2D eigenvalue weighted by atomic mass is 19.1. The minimum absolute atomic E-state index is 0.0755. The van der Waals surface area contributed by atoms with Crippen molar-refractivity contribution in [2.75, 3.05) is 5.73 Å². The number of rotatable bonds is 3. The van der Waals surface area contributed by atoms with Gasteiger partial charge in [-0.3, -0.25) is 4.98 Å². The zero-order valence-corrected chi connectivity index (χ0v) is 10.5. The van der Waals surface area contributed by atoms with Crippen molar-refractivity contribution in [3.63, 3.8) is 0 Å². The van der Waals surface area contributed by atoms with Gasteiger partial charge in [-0.05, 0) is 24.3 Å². The highest BCUT2D eigenvalue weighted by Gasteiger charge is 2.16. The summed E-state index contributed by atoms with van der Waals surface area (Å²) in [5.74, 6) is 0.0194. The van der Waals surface area contributed by atoms with Crippen LogP contribution >= 0.6 is 0 Å². The van der Waals surface area contributed by atoms with Crippen LogP contribution in [0.15, 0.2) is 47.1 Å². The van der Waals surface area contributed by atoms with E-state index in [4.69, 9.17) is 10.3 Å². The molecule has 3 aromatic rings. The highest BCUT2D eigenvalue weighted by molar-refractivity contribution is 5.70. The number of hydrogen-bond donors (Lipinski definition) is 1. The van der Waals surface area contributed by atoms with Crippen LogP contribution in [-0.2, 0) is 6.42 Å². The Labute approximate surface area is 114 Å². The number of halogens is 1. The van der Waals surface area contributed by atoms with Crippen LogP contribution in [0.1, 0.15) is 11.5 Å². The fourth-order valence-corrected chi connectivity index (χ4v) is 1.86. The molecule has 0 saturated heterocycles. The van der Waals surface area contributed by atoms with E-state index in [0.717, 1.165) is 5.69 Å². The van der Waals surface area contributed by atoms with Gasteiger partial charge in [0.2, 0.25) is 0 Å². The monoisotopic (exact) mass is 270 g/mol. The molecular formula is C14H11FN4O. The largest absolute Gasteiger partial charge is 0.398 e. The number of nitrogen functional groups attached to an aromatic ring is 1. The third-order valence-electron chi connectivity index (χ3n) is 2.79. The summed E-state index contributed by atoms with van der Waals surface area (Å²) in [6, 6.07) is 9.96. The predicted molar refractivity (Wildman–Crippen MR) is 71.1 cm³/mol. The molecule has 100 valence electrons. The summed E-state index contributed by atoms with van der Waals surface area (Å²) < 4.78 is 18.8. The van der Waals surface area contributed by atoms with Crippen molar-refractivity contribution in [2.24, 2.45) is 0 Å². The molecule has 0 aliphatic carbocycles. The molecule has 0 aliphatic rings. The van der Waals surface area contributed by atoms with E-state index in [1.54, 1.807) is 12.3 Å². The SMILES string of the molecule is Nc1cccc(F)c1-c1nc(Cc2ccccn2)no1. The van der Waals surface area contributed by atoms with Gasteiger partial charge >= 0.3 is 0 Å². The summed E-state index contributed by atoms with van der Waals surface area (Å²) in [7, 11) is 0. The second-order valence-electron chi connectivity index (χ2n) is 4.22. The summed E-state index contributed by atoms with van der Waals surface area (Å²) in [6.45, 7) is 0. The third-order valence-corrected chi connectivity index (χ3v) is 2.79. The Morgan fingerprint density at radius 1 is 1.15 bits per heavy atom. The van der Waals surface area contributed by atoms with Crippen molar-refractivity contribution in [3.8, 4) is 11.5 Å². The second-order valence-corrected chi connectivity index (χ2v) is 4.22. The molecule has 5 nitrogen and oxygen atoms in total. The fraction of sp³-hybridized carbons (Fsp3) is 0.0714. The van der Waals surface area contributed by atoms with E-state index in [1.165, 1.54) is 12.1 Å². The van der Waals surface area contributed by atoms with Crippen molar-refractivity contribution in [3.05, 3.63) is 59.9 Å². The molecule has 2 N–H and O–H groups in total. The van der Waals surface area contributed by atoms with E-state index in [9.17, 15) is 4.39 Å². The average molecular weight is 270 g/mol. The first-order valence-corrected chi connectivity index (χ1v) is 6.01. The zero-order chi connectivity index (χ0) is 13.9. The molecule has 2 heterocycles. The molecule has 3 rings (SSSR count). The van der Waals surface area contributed by atoms with Crippen molar-refractivity contribution < 1.29 is 8.91 Å². The summed E-state index contributed by atoms with van der Waals surface area (Å²) in [4.78, 5) is 8.33. The normalized spacial score (nSPS) is 10.7. The van der Waals surface area contributed by atoms with Crippen LogP contribution in [0.25, 0.3) is 11.5 Å². The molecule has 6 heteroatoms. The Bertz CT molecular complexity index is 707. The van der Waals surface area contributed by atoms with Gasteiger partial charge in [0.25, 0.3) is 5.89 Å². The van der Waals surface area contributed by atoms with Crippen LogP contribution in [0.4, 0.5) is 10.1 Å². The van der Waals surface area contributed by atoms with Gasteiger partial charge in [0.05, 0.1) is 12.0 Å². The highest BCUT2D eigenvalue weighted by Crippen LogP contribution is 2.27. The van der Waals surface area contributed by atoms with Gasteiger partial charge in [0, 0.05) is 17.6 Å². The first-order valence-electron chi connectivity index (χ1n) is 6.01. The molecule has 0 spiro atoms. The molecule has 1 aromatic carbocycles. The van der Waals surface area contributed by atoms with Gasteiger partial charge in [-0.25, -0.2) is 4.39 Å². The number of nitrogens with zero attached hydrogens (tertiary/aromatic N) is 3. The lowest BCUT2D eigenvalue weighted by molar-refractivity contribution is 0.421. The fourth-order valence-electron chi connectivity index (χ4n) is 1.86. The van der Waals surface area contributed by atoms with E-state index >= 15 is 0 Å². The van der Waals surface area contributed by atoms with Gasteiger partial charge in [-0.1, -0.05) is 17.3 Å². The molecule has 0 atom stereocenters. The minimum atomic E-state index is -0.488. The molecule has 2 aromatic heterocycles. The maximum absolute atomic E-state index is 13.8. The molecule has 0 bridgehead atoms. The summed E-state index contributed by atoms with van der Waals surface area (Å²) in [5, 5.41) is 3.82. The lowest BCUT2D eigenvalue weighted by atomic mass is 10.1. The quantitative estimate of drug-likeness (QED) is 0.739. The molecular weight excluding hydrogens is 259 g/mol. The van der Waals surface area contributed by atoms with Crippen molar-refractivity contribution in [1.82, 2.24) is 15.1 Å². The zero-order valence-electron chi connectivity index (χ0n) is 10.5. The van der Waals surface area contributed by atoms with Gasteiger partial charge in [-0.2, -0.15) is 4.98 Å². The molecule has 0 saturated carbocycles. The number of benzene rings is 1. The number of pyridine rings is 1. The van der Waals surface area contributed by atoms with Crippen molar-refractivity contribution in [2.45, 2.75) is 6.42 Å². The number of anilines is 1. The lowest BCUT2D eigenvalue weighted by Gasteiger charge is -2.00. The Morgan fingerprint density at radius 3 is 2.80 bits per heavy atom. The van der Waals surface area contributed by atoms with Gasteiger partial charge < -0.3 is 10.3 Å². The van der Waals surface area contributed by atoms with Gasteiger partial charge in [-0.15, -0.1) is 0 Å². The average Bonchev–Trinajstić information content (AvgIpc) is 2.88. The molecule has 20 heavy (non-hydrogen) atoms. The van der Waals surface area contributed by atoms with E-state index in [1.807, 2.05) is 18.2 Å². The topological polar surface area (TPSA) is 77.8 Å². The summed E-state index contributed by atoms with van der Waals surface area (Å²) in [5.41, 5.74) is 6.94. The maximum atomic E-state index is 13.8. The number of hydrogen-bond acceptors (Lipinski definition) is 5. The number of nitrogens with two attached hydrogens (primary N) is 1. The summed E-state index contributed by atoms with van der Waals surface area (Å²) >= 11 is 0. The Balaban J connectivity index is 1.91. The summed E-state index contributed by atoms with van der Waals surface area (Å²) in [6.07, 6.45) is 2.10. The van der Waals surface area contributed by atoms with Crippen LogP contribution in [0.5, 0.6) is 0 Å². The standard InChI is InChI=1S/C14H11FN4O/c15-10-5-3-6-11(16)13(10)14-18-12(19-20-14)8-9-4-1-2-7-17-9/h1-7H,8,16H2. The first-order chi connectivity index (χ1) is 9.74. The van der Waals surface area contributed by atoms with E-state index in [2.05, 4.69) is 15.1 Å². The van der Waals surface area contributed by atoms with Crippen molar-refractivity contribution in [1.29, 1.82) is 0 Å². The smallest absolute Gasteiger partial charge is 0.263 e. The minimum Gasteiger partial charge on any atom is -0.398 e. The lowest BCUT2D eigenvalue weighted by Crippen LogP contribution is -1.95. The molecule has 0 unspecified atom stereocenters. The Hall–Kier alpha value is -2.76. The predicted octanol–water partition coefficient (Wildman–Crippen LogP) is 2.44. The molecule has 0 aliphatic heterocycles. The Kier molecular flexibility index (Phi) is 3.12. The molecule has 0 amide bonds. The van der Waals surface area contributed by atoms with Crippen LogP contribution in [0, 0.1) is 5.82 Å². The van der Waals surface area contributed by atoms with Crippen molar-refractivity contribution >= 4 is 5.69 Å². The van der Waals surface area contributed by atoms with Crippen LogP contribution in [0.2, 0.25) is 0 Å². The Morgan fingerprint density at radius 2 is 2.05 bits per heavy atom. The second kappa shape index (κ2) is 5.08. The van der Waals surface area contributed by atoms with Gasteiger partial charge in [0.15, 0.2) is 5.82 Å². The van der Waals surface area contributed by atoms with Crippen LogP contribution in [0.3, 0.4) is 0 Å².